The monoisotopic (exact) mass is 398 g/mol. The normalized spacial score (nSPS) is 17.3. The third-order valence-corrected chi connectivity index (χ3v) is 4.30. The molecule has 1 amide bonds. The Balaban J connectivity index is 1.98. The number of carbonyl (C=O) groups is 1. The molecule has 24 heavy (non-hydrogen) atoms. The van der Waals surface area contributed by atoms with Gasteiger partial charge < -0.3 is 14.8 Å². The van der Waals surface area contributed by atoms with Gasteiger partial charge in [-0.05, 0) is 44.9 Å². The number of nitrogens with one attached hydrogen (secondary N) is 1. The fourth-order valence-electron chi connectivity index (χ4n) is 2.69. The molecule has 1 unspecified atom stereocenters. The highest BCUT2D eigenvalue weighted by atomic mass is 79.9. The molecular formula is C18H27BrN2O3. The number of ether oxygens (including phenoxy) is 2. The molecule has 134 valence electrons. The Morgan fingerprint density at radius 1 is 1.38 bits per heavy atom. The topological polar surface area (TPSA) is 50.8 Å². The molecule has 0 saturated carbocycles. The molecule has 1 N–H and O–H groups in total. The maximum absolute atomic E-state index is 12.0. The highest BCUT2D eigenvalue weighted by molar-refractivity contribution is 9.10. The first-order valence-corrected chi connectivity index (χ1v) is 9.14. The van der Waals surface area contributed by atoms with Crippen molar-refractivity contribution in [1.29, 1.82) is 0 Å². The van der Waals surface area contributed by atoms with E-state index in [0.717, 1.165) is 37.2 Å². The molecule has 2 rings (SSSR count). The lowest BCUT2D eigenvalue weighted by atomic mass is 10.0. The number of alkyl carbamates (subject to hydrolysis) is 1. The van der Waals surface area contributed by atoms with E-state index in [1.807, 2.05) is 32.9 Å². The Bertz CT molecular complexity index is 539. The van der Waals surface area contributed by atoms with Gasteiger partial charge in [-0.25, -0.2) is 4.79 Å². The Hall–Kier alpha value is -1.11. The van der Waals surface area contributed by atoms with Crippen molar-refractivity contribution in [2.45, 2.75) is 38.8 Å². The molecule has 0 aliphatic carbocycles. The van der Waals surface area contributed by atoms with Gasteiger partial charge in [-0.2, -0.15) is 0 Å². The summed E-state index contributed by atoms with van der Waals surface area (Å²) in [7, 11) is 0. The summed E-state index contributed by atoms with van der Waals surface area (Å²) in [5.74, 6) is 0. The molecule has 0 bridgehead atoms. The maximum Gasteiger partial charge on any atom is 0.407 e. The minimum atomic E-state index is -0.366. The van der Waals surface area contributed by atoms with E-state index in [4.69, 9.17) is 9.47 Å². The van der Waals surface area contributed by atoms with E-state index in [0.29, 0.717) is 6.61 Å². The van der Waals surface area contributed by atoms with Crippen molar-refractivity contribution >= 4 is 22.0 Å². The van der Waals surface area contributed by atoms with Crippen LogP contribution in [0.2, 0.25) is 0 Å². The molecule has 0 aromatic heterocycles. The fourth-order valence-corrected chi connectivity index (χ4v) is 3.13. The Morgan fingerprint density at radius 2 is 2.08 bits per heavy atom. The van der Waals surface area contributed by atoms with Gasteiger partial charge in [0.05, 0.1) is 13.2 Å². The lowest BCUT2D eigenvalue weighted by molar-refractivity contribution is -0.000109. The number of benzene rings is 1. The zero-order valence-electron chi connectivity index (χ0n) is 14.7. The molecule has 1 aromatic carbocycles. The first kappa shape index (κ1) is 19.2. The second kappa shape index (κ2) is 8.83. The zero-order valence-corrected chi connectivity index (χ0v) is 16.3. The van der Waals surface area contributed by atoms with Crippen LogP contribution in [0.1, 0.15) is 26.3 Å². The zero-order chi connectivity index (χ0) is 17.6. The molecule has 0 spiro atoms. The van der Waals surface area contributed by atoms with Crippen LogP contribution in [0.3, 0.4) is 0 Å². The van der Waals surface area contributed by atoms with Crippen molar-refractivity contribution in [2.75, 3.05) is 32.9 Å². The van der Waals surface area contributed by atoms with Gasteiger partial charge in [-0.3, -0.25) is 4.90 Å². The molecule has 6 heteroatoms. The van der Waals surface area contributed by atoms with Crippen LogP contribution in [0.15, 0.2) is 28.7 Å². The Kier molecular flexibility index (Phi) is 7.07. The van der Waals surface area contributed by atoms with Crippen LogP contribution in [0.25, 0.3) is 0 Å². The van der Waals surface area contributed by atoms with Gasteiger partial charge in [0.2, 0.25) is 0 Å². The van der Waals surface area contributed by atoms with E-state index in [9.17, 15) is 4.79 Å². The predicted octanol–water partition coefficient (Wildman–Crippen LogP) is 3.22. The summed E-state index contributed by atoms with van der Waals surface area (Å²) < 4.78 is 12.0. The van der Waals surface area contributed by atoms with Crippen LogP contribution in [0, 0.1) is 0 Å². The maximum atomic E-state index is 12.0. The van der Waals surface area contributed by atoms with Crippen LogP contribution < -0.4 is 5.32 Å². The Morgan fingerprint density at radius 3 is 2.71 bits per heavy atom. The van der Waals surface area contributed by atoms with E-state index in [-0.39, 0.29) is 17.7 Å². The number of nitrogens with zero attached hydrogens (tertiary/aromatic N) is 1. The van der Waals surface area contributed by atoms with Crippen molar-refractivity contribution in [3.63, 3.8) is 0 Å². The van der Waals surface area contributed by atoms with Crippen LogP contribution in [-0.4, -0.2) is 55.5 Å². The van der Waals surface area contributed by atoms with E-state index in [1.165, 1.54) is 5.56 Å². The average molecular weight is 399 g/mol. The summed E-state index contributed by atoms with van der Waals surface area (Å²) in [5, 5.41) is 2.84. The molecule has 1 aromatic rings. The number of carbonyl (C=O) groups excluding carboxylic acids is 1. The SMILES string of the molecule is CC(C)(C)NC(=O)OCC(Cc1cccc(Br)c1)N1CCOCC1. The highest BCUT2D eigenvalue weighted by Gasteiger charge is 2.24. The highest BCUT2D eigenvalue weighted by Crippen LogP contribution is 2.16. The largest absolute Gasteiger partial charge is 0.448 e. The van der Waals surface area contributed by atoms with Gasteiger partial charge in [0, 0.05) is 29.1 Å². The van der Waals surface area contributed by atoms with E-state index < -0.39 is 0 Å². The summed E-state index contributed by atoms with van der Waals surface area (Å²) in [6, 6.07) is 8.41. The molecule has 1 saturated heterocycles. The number of morpholine rings is 1. The van der Waals surface area contributed by atoms with Crippen LogP contribution in [0.5, 0.6) is 0 Å². The number of halogens is 1. The van der Waals surface area contributed by atoms with Gasteiger partial charge in [0.1, 0.15) is 6.61 Å². The van der Waals surface area contributed by atoms with Gasteiger partial charge >= 0.3 is 6.09 Å². The van der Waals surface area contributed by atoms with Gasteiger partial charge in [0.15, 0.2) is 0 Å². The number of amides is 1. The summed E-state index contributed by atoms with van der Waals surface area (Å²) in [6.45, 7) is 9.37. The second-order valence-corrected chi connectivity index (χ2v) is 8.03. The Labute approximate surface area is 152 Å². The first-order valence-electron chi connectivity index (χ1n) is 8.35. The minimum absolute atomic E-state index is 0.147. The molecular weight excluding hydrogens is 372 g/mol. The van der Waals surface area contributed by atoms with Gasteiger partial charge in [-0.15, -0.1) is 0 Å². The number of hydrogen-bond donors (Lipinski definition) is 1. The van der Waals surface area contributed by atoms with Crippen molar-refractivity contribution in [2.24, 2.45) is 0 Å². The molecule has 0 radical (unpaired) electrons. The smallest absolute Gasteiger partial charge is 0.407 e. The third kappa shape index (κ3) is 6.79. The van der Waals surface area contributed by atoms with E-state index >= 15 is 0 Å². The van der Waals surface area contributed by atoms with Crippen molar-refractivity contribution in [3.05, 3.63) is 34.3 Å². The van der Waals surface area contributed by atoms with Crippen molar-refractivity contribution in [3.8, 4) is 0 Å². The quantitative estimate of drug-likeness (QED) is 0.826. The molecule has 1 heterocycles. The summed E-state index contributed by atoms with van der Waals surface area (Å²) in [4.78, 5) is 14.3. The molecule has 1 atom stereocenters. The molecule has 1 fully saturated rings. The first-order chi connectivity index (χ1) is 11.3. The summed E-state index contributed by atoms with van der Waals surface area (Å²) in [5.41, 5.74) is 0.927. The molecule has 5 nitrogen and oxygen atoms in total. The van der Waals surface area contributed by atoms with Crippen molar-refractivity contribution in [1.82, 2.24) is 10.2 Å². The second-order valence-electron chi connectivity index (χ2n) is 7.11. The number of hydrogen-bond acceptors (Lipinski definition) is 4. The van der Waals surface area contributed by atoms with E-state index in [2.05, 4.69) is 38.3 Å². The fraction of sp³-hybridized carbons (Fsp3) is 0.611. The van der Waals surface area contributed by atoms with Gasteiger partial charge in [0.25, 0.3) is 0 Å². The summed E-state index contributed by atoms with van der Waals surface area (Å²) in [6.07, 6.45) is 0.470. The van der Waals surface area contributed by atoms with Crippen molar-refractivity contribution < 1.29 is 14.3 Å². The average Bonchev–Trinajstić information content (AvgIpc) is 2.50. The standard InChI is InChI=1S/C18H27BrN2O3/c1-18(2,3)20-17(22)24-13-16(21-7-9-23-10-8-21)12-14-5-4-6-15(19)11-14/h4-6,11,16H,7-10,12-13H2,1-3H3,(H,20,22). The summed E-state index contributed by atoms with van der Waals surface area (Å²) >= 11 is 3.51. The molecule has 1 aliphatic heterocycles. The predicted molar refractivity (Wildman–Crippen MR) is 98.3 cm³/mol. The van der Waals surface area contributed by atoms with Crippen LogP contribution in [0.4, 0.5) is 4.79 Å². The van der Waals surface area contributed by atoms with E-state index in [1.54, 1.807) is 0 Å². The van der Waals surface area contributed by atoms with Gasteiger partial charge in [-0.1, -0.05) is 28.1 Å². The minimum Gasteiger partial charge on any atom is -0.448 e. The van der Waals surface area contributed by atoms with Crippen LogP contribution in [-0.2, 0) is 15.9 Å². The molecule has 1 aliphatic rings. The third-order valence-electron chi connectivity index (χ3n) is 3.81. The lowest BCUT2D eigenvalue weighted by Crippen LogP contribution is -2.48. The lowest BCUT2D eigenvalue weighted by Gasteiger charge is -2.34. The number of rotatable bonds is 5. The van der Waals surface area contributed by atoms with Crippen LogP contribution >= 0.6 is 15.9 Å².